The first kappa shape index (κ1) is 17.2. The zero-order chi connectivity index (χ0) is 16.2. The fourth-order valence-electron chi connectivity index (χ4n) is 1.70. The molecule has 1 unspecified atom stereocenters. The van der Waals surface area contributed by atoms with Gasteiger partial charge in [-0.05, 0) is 20.8 Å². The third-order valence-electron chi connectivity index (χ3n) is 2.51. The topological polar surface area (TPSA) is 73.6 Å². The number of carbonyl (C=O) groups excluding carboxylic acids is 1. The number of nitrogens with two attached hydrogens (primary N) is 1. The second-order valence-electron chi connectivity index (χ2n) is 5.49. The summed E-state index contributed by atoms with van der Waals surface area (Å²) in [4.78, 5) is 11.5. The van der Waals surface area contributed by atoms with Gasteiger partial charge in [0.25, 0.3) is 0 Å². The highest BCUT2D eigenvalue weighted by Gasteiger charge is 2.21. The van der Waals surface area contributed by atoms with Gasteiger partial charge in [-0.1, -0.05) is 0 Å². The molecule has 0 heterocycles. The van der Waals surface area contributed by atoms with Crippen molar-refractivity contribution in [2.24, 2.45) is 5.73 Å². The average Bonchev–Trinajstić information content (AvgIpc) is 2.32. The molecular formula is C14H20F2N2O3. The summed E-state index contributed by atoms with van der Waals surface area (Å²) in [5.74, 6) is -1.60. The number of ether oxygens (including phenoxy) is 2. The molecule has 7 heteroatoms. The summed E-state index contributed by atoms with van der Waals surface area (Å²) in [6.07, 6.45) is -0.667. The van der Waals surface area contributed by atoms with Crippen LogP contribution >= 0.6 is 0 Å². The Morgan fingerprint density at radius 1 is 1.38 bits per heavy atom. The van der Waals surface area contributed by atoms with Gasteiger partial charge in [-0.15, -0.1) is 0 Å². The summed E-state index contributed by atoms with van der Waals surface area (Å²) < 4.78 is 36.9. The van der Waals surface area contributed by atoms with Crippen LogP contribution in [0.4, 0.5) is 13.6 Å². The molecule has 0 radical (unpaired) electrons. The van der Waals surface area contributed by atoms with E-state index in [0.29, 0.717) is 6.07 Å². The fraction of sp³-hybridized carbons (Fsp3) is 0.500. The highest BCUT2D eigenvalue weighted by molar-refractivity contribution is 5.67. The van der Waals surface area contributed by atoms with Crippen LogP contribution in [-0.2, 0) is 4.74 Å². The van der Waals surface area contributed by atoms with Crippen molar-refractivity contribution in [3.8, 4) is 5.75 Å². The zero-order valence-electron chi connectivity index (χ0n) is 12.5. The molecule has 0 spiro atoms. The van der Waals surface area contributed by atoms with E-state index in [0.717, 1.165) is 6.07 Å². The van der Waals surface area contributed by atoms with Gasteiger partial charge in [0.1, 0.15) is 23.0 Å². The van der Waals surface area contributed by atoms with Gasteiger partial charge < -0.3 is 20.5 Å². The predicted octanol–water partition coefficient (Wildman–Crippen LogP) is 2.50. The summed E-state index contributed by atoms with van der Waals surface area (Å²) in [5.41, 5.74) is 5.17. The van der Waals surface area contributed by atoms with Crippen LogP contribution in [0.15, 0.2) is 12.1 Å². The van der Waals surface area contributed by atoms with Crippen LogP contribution in [0.3, 0.4) is 0 Å². The van der Waals surface area contributed by atoms with Crippen LogP contribution in [-0.4, -0.2) is 25.3 Å². The van der Waals surface area contributed by atoms with Crippen molar-refractivity contribution >= 4 is 6.09 Å². The van der Waals surface area contributed by atoms with Crippen LogP contribution in [0.1, 0.15) is 32.4 Å². The number of amides is 1. The molecule has 0 bridgehead atoms. The van der Waals surface area contributed by atoms with E-state index < -0.39 is 29.4 Å². The minimum absolute atomic E-state index is 0.00467. The van der Waals surface area contributed by atoms with Gasteiger partial charge in [0, 0.05) is 24.2 Å². The molecule has 1 aromatic carbocycles. The first-order valence-corrected chi connectivity index (χ1v) is 6.39. The smallest absolute Gasteiger partial charge is 0.407 e. The van der Waals surface area contributed by atoms with Crippen molar-refractivity contribution in [2.75, 3.05) is 13.7 Å². The second-order valence-corrected chi connectivity index (χ2v) is 5.49. The first-order valence-electron chi connectivity index (χ1n) is 6.39. The number of hydrogen-bond acceptors (Lipinski definition) is 4. The Bertz CT molecular complexity index is 516. The molecule has 0 aliphatic heterocycles. The number of nitrogens with one attached hydrogen (secondary N) is 1. The van der Waals surface area contributed by atoms with E-state index in [9.17, 15) is 13.6 Å². The van der Waals surface area contributed by atoms with Crippen molar-refractivity contribution in [1.29, 1.82) is 0 Å². The fourth-order valence-corrected chi connectivity index (χ4v) is 1.70. The maximum atomic E-state index is 13.8. The van der Waals surface area contributed by atoms with E-state index in [2.05, 4.69) is 5.32 Å². The normalized spacial score (nSPS) is 12.7. The monoisotopic (exact) mass is 302 g/mol. The summed E-state index contributed by atoms with van der Waals surface area (Å²) in [6.45, 7) is 5.08. The minimum atomic E-state index is -0.895. The lowest BCUT2D eigenvalue weighted by Gasteiger charge is -2.21. The minimum Gasteiger partial charge on any atom is -0.496 e. The molecule has 0 fully saturated rings. The number of rotatable bonds is 4. The molecular weight excluding hydrogens is 282 g/mol. The molecule has 5 nitrogen and oxygen atoms in total. The van der Waals surface area contributed by atoms with Gasteiger partial charge in [0.2, 0.25) is 0 Å². The second kappa shape index (κ2) is 6.71. The van der Waals surface area contributed by atoms with Crippen LogP contribution in [0, 0.1) is 11.6 Å². The lowest BCUT2D eigenvalue weighted by molar-refractivity contribution is 0.0524. The van der Waals surface area contributed by atoms with Crippen LogP contribution in [0.5, 0.6) is 5.75 Å². The molecule has 0 aliphatic rings. The van der Waals surface area contributed by atoms with E-state index in [4.69, 9.17) is 15.2 Å². The Hall–Kier alpha value is -1.89. The summed E-state index contributed by atoms with van der Waals surface area (Å²) in [7, 11) is 1.28. The van der Waals surface area contributed by atoms with Gasteiger partial charge in [0.05, 0.1) is 13.2 Å². The lowest BCUT2D eigenvalue weighted by Crippen LogP contribution is -2.37. The number of methoxy groups -OCH3 is 1. The standard InChI is InChI=1S/C14H20F2N2O3/c1-14(2,3)21-13(19)18-7-10(17)12-9(16)5-8(15)6-11(12)20-4/h5-6,10H,7,17H2,1-4H3,(H,18,19). The van der Waals surface area contributed by atoms with Crippen molar-refractivity contribution in [1.82, 2.24) is 5.32 Å². The largest absolute Gasteiger partial charge is 0.496 e. The van der Waals surface area contributed by atoms with Gasteiger partial charge in [-0.3, -0.25) is 0 Å². The first-order chi connectivity index (χ1) is 9.64. The van der Waals surface area contributed by atoms with Gasteiger partial charge in [0.15, 0.2) is 0 Å². The molecule has 118 valence electrons. The summed E-state index contributed by atoms with van der Waals surface area (Å²) in [6, 6.07) is 0.852. The maximum absolute atomic E-state index is 13.8. The van der Waals surface area contributed by atoms with E-state index in [-0.39, 0.29) is 17.9 Å². The Labute approximate surface area is 122 Å². The third kappa shape index (κ3) is 5.18. The van der Waals surface area contributed by atoms with E-state index in [1.54, 1.807) is 20.8 Å². The average molecular weight is 302 g/mol. The Morgan fingerprint density at radius 3 is 2.52 bits per heavy atom. The Balaban J connectivity index is 2.77. The van der Waals surface area contributed by atoms with Crippen molar-refractivity contribution in [2.45, 2.75) is 32.4 Å². The number of hydrogen-bond donors (Lipinski definition) is 2. The van der Waals surface area contributed by atoms with E-state index >= 15 is 0 Å². The number of halogens is 2. The molecule has 21 heavy (non-hydrogen) atoms. The van der Waals surface area contributed by atoms with E-state index in [1.807, 2.05) is 0 Å². The zero-order valence-corrected chi connectivity index (χ0v) is 12.5. The maximum Gasteiger partial charge on any atom is 0.407 e. The summed E-state index contributed by atoms with van der Waals surface area (Å²) >= 11 is 0. The number of alkyl carbamates (subject to hydrolysis) is 1. The quantitative estimate of drug-likeness (QED) is 0.896. The van der Waals surface area contributed by atoms with Crippen molar-refractivity contribution < 1.29 is 23.0 Å². The van der Waals surface area contributed by atoms with Crippen LogP contribution in [0.2, 0.25) is 0 Å². The van der Waals surface area contributed by atoms with Crippen LogP contribution < -0.4 is 15.8 Å². The summed E-state index contributed by atoms with van der Waals surface area (Å²) in [5, 5.41) is 2.43. The molecule has 3 N–H and O–H groups in total. The predicted molar refractivity (Wildman–Crippen MR) is 74.1 cm³/mol. The Morgan fingerprint density at radius 2 is 2.00 bits per heavy atom. The van der Waals surface area contributed by atoms with E-state index in [1.165, 1.54) is 7.11 Å². The highest BCUT2D eigenvalue weighted by atomic mass is 19.1. The third-order valence-corrected chi connectivity index (χ3v) is 2.51. The van der Waals surface area contributed by atoms with Gasteiger partial charge in [-0.25, -0.2) is 13.6 Å². The molecule has 0 saturated heterocycles. The number of benzene rings is 1. The van der Waals surface area contributed by atoms with Crippen molar-refractivity contribution in [3.63, 3.8) is 0 Å². The Kier molecular flexibility index (Phi) is 5.48. The highest BCUT2D eigenvalue weighted by Crippen LogP contribution is 2.27. The molecule has 0 aliphatic carbocycles. The molecule has 0 saturated carbocycles. The number of carbonyl (C=O) groups is 1. The molecule has 1 atom stereocenters. The SMILES string of the molecule is COc1cc(F)cc(F)c1C(N)CNC(=O)OC(C)(C)C. The molecule has 1 aromatic rings. The van der Waals surface area contributed by atoms with Crippen LogP contribution in [0.25, 0.3) is 0 Å². The van der Waals surface area contributed by atoms with Gasteiger partial charge in [-0.2, -0.15) is 0 Å². The molecule has 1 rings (SSSR count). The van der Waals surface area contributed by atoms with Gasteiger partial charge >= 0.3 is 6.09 Å². The molecule has 0 aromatic heterocycles. The van der Waals surface area contributed by atoms with Crippen molar-refractivity contribution in [3.05, 3.63) is 29.3 Å². The molecule has 1 amide bonds. The lowest BCUT2D eigenvalue weighted by atomic mass is 10.1.